The zero-order valence-corrected chi connectivity index (χ0v) is 13.7. The minimum atomic E-state index is -0.471. The molecule has 1 aliphatic rings. The number of piperazine rings is 1. The van der Waals surface area contributed by atoms with Crippen molar-refractivity contribution in [2.24, 2.45) is 0 Å². The van der Waals surface area contributed by atoms with Gasteiger partial charge in [-0.25, -0.2) is 4.39 Å². The average molecular weight is 330 g/mol. The Morgan fingerprint density at radius 3 is 2.54 bits per heavy atom. The van der Waals surface area contributed by atoms with Crippen LogP contribution in [0.5, 0.6) is 5.88 Å². The number of ketones is 1. The molecule has 1 aromatic heterocycles. The summed E-state index contributed by atoms with van der Waals surface area (Å²) in [6.45, 7) is 4.14. The monoisotopic (exact) mass is 330 g/mol. The molecule has 0 bridgehead atoms. The van der Waals surface area contributed by atoms with Crippen LogP contribution in [-0.2, 0) is 0 Å². The Morgan fingerprint density at radius 2 is 1.88 bits per heavy atom. The standard InChI is InChI=1S/C17H19FN4O2/c1-12(23)17-13(18)4-3-5-14(17)21-6-8-22(9-7-21)15-10-19-11-16(20-15)24-2/h3-5,10-11H,6-9H2,1-2H3. The Kier molecular flexibility index (Phi) is 4.59. The molecule has 0 unspecified atom stereocenters. The minimum Gasteiger partial charge on any atom is -0.480 e. The first-order chi connectivity index (χ1) is 11.6. The second-order valence-corrected chi connectivity index (χ2v) is 5.58. The molecule has 0 N–H and O–H groups in total. The maximum Gasteiger partial charge on any atom is 0.233 e. The first-order valence-corrected chi connectivity index (χ1v) is 7.75. The van der Waals surface area contributed by atoms with Crippen LogP contribution in [0.3, 0.4) is 0 Å². The van der Waals surface area contributed by atoms with Crippen LogP contribution in [0.4, 0.5) is 15.9 Å². The van der Waals surface area contributed by atoms with Crippen LogP contribution >= 0.6 is 0 Å². The maximum absolute atomic E-state index is 14.0. The minimum absolute atomic E-state index is 0.159. The molecule has 0 radical (unpaired) electrons. The molecule has 126 valence electrons. The summed E-state index contributed by atoms with van der Waals surface area (Å²) in [6, 6.07) is 4.75. The number of carbonyl (C=O) groups excluding carboxylic acids is 1. The number of methoxy groups -OCH3 is 1. The van der Waals surface area contributed by atoms with Gasteiger partial charge in [0.2, 0.25) is 5.88 Å². The molecule has 0 aliphatic carbocycles. The fourth-order valence-electron chi connectivity index (χ4n) is 2.89. The van der Waals surface area contributed by atoms with Crippen molar-refractivity contribution in [3.63, 3.8) is 0 Å². The highest BCUT2D eigenvalue weighted by Crippen LogP contribution is 2.26. The third-order valence-corrected chi connectivity index (χ3v) is 4.10. The van der Waals surface area contributed by atoms with Gasteiger partial charge in [-0.3, -0.25) is 9.78 Å². The van der Waals surface area contributed by atoms with Gasteiger partial charge < -0.3 is 14.5 Å². The summed E-state index contributed by atoms with van der Waals surface area (Å²) < 4.78 is 19.1. The van der Waals surface area contributed by atoms with Gasteiger partial charge in [-0.2, -0.15) is 4.98 Å². The van der Waals surface area contributed by atoms with Gasteiger partial charge in [0.15, 0.2) is 11.6 Å². The van der Waals surface area contributed by atoms with Crippen LogP contribution in [-0.4, -0.2) is 49.0 Å². The van der Waals surface area contributed by atoms with Gasteiger partial charge >= 0.3 is 0 Å². The van der Waals surface area contributed by atoms with Crippen molar-refractivity contribution in [3.8, 4) is 5.88 Å². The summed E-state index contributed by atoms with van der Waals surface area (Å²) in [5, 5.41) is 0. The number of ether oxygens (including phenoxy) is 1. The van der Waals surface area contributed by atoms with Gasteiger partial charge in [-0.05, 0) is 19.1 Å². The topological polar surface area (TPSA) is 58.6 Å². The fourth-order valence-corrected chi connectivity index (χ4v) is 2.89. The summed E-state index contributed by atoms with van der Waals surface area (Å²) in [6.07, 6.45) is 3.26. The molecule has 6 nitrogen and oxygen atoms in total. The number of hydrogen-bond acceptors (Lipinski definition) is 6. The predicted octanol–water partition coefficient (Wildman–Crippen LogP) is 2.15. The number of aromatic nitrogens is 2. The largest absolute Gasteiger partial charge is 0.480 e. The Morgan fingerprint density at radius 1 is 1.17 bits per heavy atom. The molecule has 1 saturated heterocycles. The lowest BCUT2D eigenvalue weighted by Gasteiger charge is -2.37. The van der Waals surface area contributed by atoms with E-state index in [9.17, 15) is 9.18 Å². The Hall–Kier alpha value is -2.70. The van der Waals surface area contributed by atoms with Gasteiger partial charge in [-0.1, -0.05) is 6.07 Å². The molecular formula is C17H19FN4O2. The van der Waals surface area contributed by atoms with Gasteiger partial charge in [0.1, 0.15) is 5.82 Å². The summed E-state index contributed by atoms with van der Waals surface area (Å²) in [5.41, 5.74) is 0.811. The first-order valence-electron chi connectivity index (χ1n) is 7.75. The van der Waals surface area contributed by atoms with Crippen molar-refractivity contribution < 1.29 is 13.9 Å². The fraction of sp³-hybridized carbons (Fsp3) is 0.353. The van der Waals surface area contributed by atoms with Crippen molar-refractivity contribution in [2.45, 2.75) is 6.92 Å². The van der Waals surface area contributed by atoms with Gasteiger partial charge in [0.25, 0.3) is 0 Å². The van der Waals surface area contributed by atoms with Crippen LogP contribution in [0.25, 0.3) is 0 Å². The van der Waals surface area contributed by atoms with Crippen molar-refractivity contribution >= 4 is 17.3 Å². The lowest BCUT2D eigenvalue weighted by Crippen LogP contribution is -2.47. The van der Waals surface area contributed by atoms with E-state index in [1.807, 2.05) is 4.90 Å². The number of anilines is 2. The molecule has 24 heavy (non-hydrogen) atoms. The zero-order chi connectivity index (χ0) is 17.1. The number of nitrogens with zero attached hydrogens (tertiary/aromatic N) is 4. The molecule has 1 fully saturated rings. The first kappa shape index (κ1) is 16.2. The summed E-state index contributed by atoms with van der Waals surface area (Å²) in [4.78, 5) is 24.4. The quantitative estimate of drug-likeness (QED) is 0.801. The molecular weight excluding hydrogens is 311 g/mol. The van der Waals surface area contributed by atoms with Crippen molar-refractivity contribution in [1.82, 2.24) is 9.97 Å². The van der Waals surface area contributed by atoms with E-state index in [4.69, 9.17) is 4.74 Å². The SMILES string of the molecule is COc1cncc(N2CCN(c3cccc(F)c3C(C)=O)CC2)n1. The number of rotatable bonds is 4. The van der Waals surface area contributed by atoms with E-state index in [1.165, 1.54) is 13.0 Å². The average Bonchev–Trinajstić information content (AvgIpc) is 2.61. The van der Waals surface area contributed by atoms with Crippen LogP contribution in [0.1, 0.15) is 17.3 Å². The smallest absolute Gasteiger partial charge is 0.233 e. The Balaban J connectivity index is 1.76. The van der Waals surface area contributed by atoms with Gasteiger partial charge in [0.05, 0.1) is 30.8 Å². The lowest BCUT2D eigenvalue weighted by molar-refractivity contribution is 0.101. The molecule has 7 heteroatoms. The van der Waals surface area contributed by atoms with E-state index in [1.54, 1.807) is 31.6 Å². The van der Waals surface area contributed by atoms with E-state index < -0.39 is 5.82 Å². The van der Waals surface area contributed by atoms with E-state index in [0.29, 0.717) is 37.7 Å². The second kappa shape index (κ2) is 6.82. The number of hydrogen-bond donors (Lipinski definition) is 0. The Bertz CT molecular complexity index is 745. The third kappa shape index (κ3) is 3.15. The summed E-state index contributed by atoms with van der Waals surface area (Å²) in [5.74, 6) is 0.490. The maximum atomic E-state index is 14.0. The van der Waals surface area contributed by atoms with E-state index in [0.717, 1.165) is 5.82 Å². The highest BCUT2D eigenvalue weighted by molar-refractivity contribution is 6.00. The van der Waals surface area contributed by atoms with Crippen molar-refractivity contribution in [1.29, 1.82) is 0 Å². The molecule has 2 aromatic rings. The molecule has 3 rings (SSSR count). The molecule has 1 aromatic carbocycles. The summed E-state index contributed by atoms with van der Waals surface area (Å²) >= 11 is 0. The van der Waals surface area contributed by atoms with Gasteiger partial charge in [-0.15, -0.1) is 0 Å². The molecule has 2 heterocycles. The third-order valence-electron chi connectivity index (χ3n) is 4.10. The number of benzene rings is 1. The normalized spacial score (nSPS) is 14.6. The number of Topliss-reactive ketones (excluding diaryl/α,β-unsaturated/α-hetero) is 1. The molecule has 0 saturated carbocycles. The molecule has 1 aliphatic heterocycles. The molecule has 0 spiro atoms. The molecule has 0 amide bonds. The van der Waals surface area contributed by atoms with Crippen LogP contribution in [0, 0.1) is 5.82 Å². The molecule has 0 atom stereocenters. The zero-order valence-electron chi connectivity index (χ0n) is 13.7. The highest BCUT2D eigenvalue weighted by atomic mass is 19.1. The summed E-state index contributed by atoms with van der Waals surface area (Å²) in [7, 11) is 1.55. The highest BCUT2D eigenvalue weighted by Gasteiger charge is 2.23. The Labute approximate surface area is 139 Å². The van der Waals surface area contributed by atoms with Crippen LogP contribution in [0.2, 0.25) is 0 Å². The van der Waals surface area contributed by atoms with Crippen molar-refractivity contribution in [3.05, 3.63) is 42.0 Å². The van der Waals surface area contributed by atoms with E-state index >= 15 is 0 Å². The van der Waals surface area contributed by atoms with Crippen LogP contribution in [0.15, 0.2) is 30.6 Å². The van der Waals surface area contributed by atoms with E-state index in [2.05, 4.69) is 14.9 Å². The predicted molar refractivity (Wildman–Crippen MR) is 89.4 cm³/mol. The number of carbonyl (C=O) groups is 1. The van der Waals surface area contributed by atoms with Crippen LogP contribution < -0.4 is 14.5 Å². The van der Waals surface area contributed by atoms with Gasteiger partial charge in [0, 0.05) is 26.2 Å². The van der Waals surface area contributed by atoms with Crippen molar-refractivity contribution in [2.75, 3.05) is 43.1 Å². The lowest BCUT2D eigenvalue weighted by atomic mass is 10.1. The second-order valence-electron chi connectivity index (χ2n) is 5.58. The van der Waals surface area contributed by atoms with E-state index in [-0.39, 0.29) is 11.3 Å². The number of halogens is 1.